The average molecular weight is 331 g/mol. The zero-order chi connectivity index (χ0) is 16.7. The fourth-order valence-electron chi connectivity index (χ4n) is 2.23. The van der Waals surface area contributed by atoms with Crippen LogP contribution in [0.25, 0.3) is 0 Å². The highest BCUT2D eigenvalue weighted by molar-refractivity contribution is 7.09. The van der Waals surface area contributed by atoms with Crippen molar-refractivity contribution >= 4 is 29.0 Å². The van der Waals surface area contributed by atoms with Gasteiger partial charge in [0.05, 0.1) is 6.54 Å². The van der Waals surface area contributed by atoms with E-state index in [1.165, 1.54) is 4.88 Å². The Labute approximate surface area is 140 Å². The van der Waals surface area contributed by atoms with Crippen molar-refractivity contribution in [2.45, 2.75) is 20.3 Å². The van der Waals surface area contributed by atoms with Crippen LogP contribution in [0.1, 0.15) is 16.0 Å². The number of carbonyl (C=O) groups is 2. The van der Waals surface area contributed by atoms with Gasteiger partial charge in [-0.3, -0.25) is 10.1 Å². The molecule has 0 saturated heterocycles. The number of para-hydroxylation sites is 1. The quantitative estimate of drug-likeness (QED) is 0.762. The summed E-state index contributed by atoms with van der Waals surface area (Å²) in [5.74, 6) is -0.360. The van der Waals surface area contributed by atoms with Crippen molar-refractivity contribution in [1.82, 2.24) is 10.6 Å². The van der Waals surface area contributed by atoms with Gasteiger partial charge in [0.2, 0.25) is 5.91 Å². The third-order valence-electron chi connectivity index (χ3n) is 3.40. The minimum absolute atomic E-state index is 0.0596. The molecule has 0 fully saturated rings. The normalized spacial score (nSPS) is 10.2. The van der Waals surface area contributed by atoms with Crippen LogP contribution in [0.4, 0.5) is 10.5 Å². The number of anilines is 1. The molecule has 0 atom stereocenters. The second-order valence-electron chi connectivity index (χ2n) is 5.25. The molecule has 0 bridgehead atoms. The largest absolute Gasteiger partial charge is 0.376 e. The summed E-state index contributed by atoms with van der Waals surface area (Å²) < 4.78 is 0. The SMILES string of the molecule is Cc1cccc(C)c1NCC(=O)NC(=O)NCCc1cccs1. The Balaban J connectivity index is 1.70. The van der Waals surface area contributed by atoms with Gasteiger partial charge in [-0.05, 0) is 42.8 Å². The smallest absolute Gasteiger partial charge is 0.321 e. The van der Waals surface area contributed by atoms with Gasteiger partial charge in [0, 0.05) is 17.1 Å². The maximum atomic E-state index is 11.8. The minimum atomic E-state index is -0.463. The first-order valence-electron chi connectivity index (χ1n) is 7.46. The van der Waals surface area contributed by atoms with E-state index < -0.39 is 6.03 Å². The molecular formula is C17H21N3O2S. The molecule has 0 aliphatic heterocycles. The van der Waals surface area contributed by atoms with Crippen LogP contribution in [-0.4, -0.2) is 25.0 Å². The molecule has 2 aromatic rings. The zero-order valence-electron chi connectivity index (χ0n) is 13.3. The maximum Gasteiger partial charge on any atom is 0.321 e. The molecule has 6 heteroatoms. The third kappa shape index (κ3) is 5.41. The fraction of sp³-hybridized carbons (Fsp3) is 0.294. The van der Waals surface area contributed by atoms with Gasteiger partial charge >= 0.3 is 6.03 Å². The Kier molecular flexibility index (Phi) is 6.17. The molecule has 3 amide bonds. The van der Waals surface area contributed by atoms with E-state index in [9.17, 15) is 9.59 Å². The first-order chi connectivity index (χ1) is 11.1. The summed E-state index contributed by atoms with van der Waals surface area (Å²) >= 11 is 1.65. The van der Waals surface area contributed by atoms with Crippen LogP contribution < -0.4 is 16.0 Å². The monoisotopic (exact) mass is 331 g/mol. The Morgan fingerprint density at radius 2 is 1.83 bits per heavy atom. The fourth-order valence-corrected chi connectivity index (χ4v) is 2.94. The zero-order valence-corrected chi connectivity index (χ0v) is 14.1. The summed E-state index contributed by atoms with van der Waals surface area (Å²) in [6, 6.07) is 9.45. The Morgan fingerprint density at radius 1 is 1.09 bits per heavy atom. The Bertz CT molecular complexity index is 648. The molecule has 0 saturated carbocycles. The van der Waals surface area contributed by atoms with Gasteiger partial charge in [0.1, 0.15) is 0 Å². The second kappa shape index (κ2) is 8.33. The number of imide groups is 1. The van der Waals surface area contributed by atoms with E-state index in [2.05, 4.69) is 16.0 Å². The predicted molar refractivity (Wildman–Crippen MR) is 94.0 cm³/mol. The van der Waals surface area contributed by atoms with Gasteiger partial charge in [-0.15, -0.1) is 11.3 Å². The number of hydrogen-bond acceptors (Lipinski definition) is 4. The standard InChI is InChI=1S/C17H21N3O2S/c1-12-5-3-6-13(2)16(12)19-11-15(21)20-17(22)18-9-8-14-7-4-10-23-14/h3-7,10,19H,8-9,11H2,1-2H3,(H2,18,20,21,22). The average Bonchev–Trinajstić information content (AvgIpc) is 3.00. The lowest BCUT2D eigenvalue weighted by atomic mass is 10.1. The molecule has 122 valence electrons. The molecule has 23 heavy (non-hydrogen) atoms. The number of benzene rings is 1. The summed E-state index contributed by atoms with van der Waals surface area (Å²) in [6.07, 6.45) is 0.764. The lowest BCUT2D eigenvalue weighted by Crippen LogP contribution is -2.42. The number of urea groups is 1. The molecule has 1 aromatic carbocycles. The van der Waals surface area contributed by atoms with Crippen molar-refractivity contribution in [3.63, 3.8) is 0 Å². The second-order valence-corrected chi connectivity index (χ2v) is 6.29. The molecule has 1 aromatic heterocycles. The van der Waals surface area contributed by atoms with Gasteiger partial charge in [0.15, 0.2) is 0 Å². The van der Waals surface area contributed by atoms with E-state index in [0.29, 0.717) is 6.54 Å². The predicted octanol–water partition coefficient (Wildman–Crippen LogP) is 2.85. The molecule has 3 N–H and O–H groups in total. The summed E-state index contributed by atoms with van der Waals surface area (Å²) in [6.45, 7) is 4.52. The van der Waals surface area contributed by atoms with Crippen molar-refractivity contribution in [3.05, 3.63) is 51.7 Å². The van der Waals surface area contributed by atoms with Crippen LogP contribution in [0.3, 0.4) is 0 Å². The van der Waals surface area contributed by atoms with E-state index in [4.69, 9.17) is 0 Å². The van der Waals surface area contributed by atoms with Crippen molar-refractivity contribution < 1.29 is 9.59 Å². The topological polar surface area (TPSA) is 70.2 Å². The number of rotatable bonds is 6. The molecule has 1 heterocycles. The maximum absolute atomic E-state index is 11.8. The molecule has 0 aliphatic carbocycles. The number of aryl methyl sites for hydroxylation is 2. The van der Waals surface area contributed by atoms with Crippen LogP contribution in [0.15, 0.2) is 35.7 Å². The van der Waals surface area contributed by atoms with Gasteiger partial charge in [-0.25, -0.2) is 4.79 Å². The summed E-state index contributed by atoms with van der Waals surface area (Å²) in [7, 11) is 0. The van der Waals surface area contributed by atoms with Crippen LogP contribution in [0.2, 0.25) is 0 Å². The van der Waals surface area contributed by atoms with E-state index in [0.717, 1.165) is 23.2 Å². The highest BCUT2D eigenvalue weighted by Crippen LogP contribution is 2.18. The van der Waals surface area contributed by atoms with Gasteiger partial charge < -0.3 is 10.6 Å². The lowest BCUT2D eigenvalue weighted by molar-refractivity contribution is -0.118. The van der Waals surface area contributed by atoms with Crippen molar-refractivity contribution in [1.29, 1.82) is 0 Å². The van der Waals surface area contributed by atoms with E-state index >= 15 is 0 Å². The third-order valence-corrected chi connectivity index (χ3v) is 4.33. The number of amides is 3. The number of hydrogen-bond donors (Lipinski definition) is 3. The van der Waals surface area contributed by atoms with Crippen LogP contribution in [-0.2, 0) is 11.2 Å². The lowest BCUT2D eigenvalue weighted by Gasteiger charge is -2.12. The molecule has 2 rings (SSSR count). The van der Waals surface area contributed by atoms with Crippen molar-refractivity contribution in [2.75, 3.05) is 18.4 Å². The highest BCUT2D eigenvalue weighted by atomic mass is 32.1. The Morgan fingerprint density at radius 3 is 2.48 bits per heavy atom. The van der Waals surface area contributed by atoms with Gasteiger partial charge in [-0.2, -0.15) is 0 Å². The molecule has 0 aliphatic rings. The summed E-state index contributed by atoms with van der Waals surface area (Å²) in [4.78, 5) is 24.7. The minimum Gasteiger partial charge on any atom is -0.376 e. The molecule has 5 nitrogen and oxygen atoms in total. The van der Waals surface area contributed by atoms with Crippen molar-refractivity contribution in [3.8, 4) is 0 Å². The molecule has 0 unspecified atom stereocenters. The van der Waals surface area contributed by atoms with Crippen LogP contribution >= 0.6 is 11.3 Å². The van der Waals surface area contributed by atoms with Crippen molar-refractivity contribution in [2.24, 2.45) is 0 Å². The van der Waals surface area contributed by atoms with E-state index in [1.54, 1.807) is 11.3 Å². The van der Waals surface area contributed by atoms with Crippen LogP contribution in [0.5, 0.6) is 0 Å². The first-order valence-corrected chi connectivity index (χ1v) is 8.34. The van der Waals surface area contributed by atoms with Gasteiger partial charge in [0.25, 0.3) is 0 Å². The van der Waals surface area contributed by atoms with Gasteiger partial charge in [-0.1, -0.05) is 24.3 Å². The number of thiophene rings is 1. The molecule has 0 radical (unpaired) electrons. The summed E-state index contributed by atoms with van der Waals surface area (Å²) in [5, 5.41) is 10.1. The first kappa shape index (κ1) is 17.0. The number of nitrogens with one attached hydrogen (secondary N) is 3. The molecular weight excluding hydrogens is 310 g/mol. The highest BCUT2D eigenvalue weighted by Gasteiger charge is 2.08. The summed E-state index contributed by atoms with van der Waals surface area (Å²) in [5.41, 5.74) is 3.07. The van der Waals surface area contributed by atoms with Crippen LogP contribution in [0, 0.1) is 13.8 Å². The van der Waals surface area contributed by atoms with E-state index in [-0.39, 0.29) is 12.5 Å². The number of carbonyl (C=O) groups excluding carboxylic acids is 2. The Hall–Kier alpha value is -2.34. The molecule has 0 spiro atoms. The van der Waals surface area contributed by atoms with E-state index in [1.807, 2.05) is 49.6 Å².